The van der Waals surface area contributed by atoms with Crippen molar-refractivity contribution >= 4 is 29.5 Å². The van der Waals surface area contributed by atoms with E-state index >= 15 is 0 Å². The van der Waals surface area contributed by atoms with Crippen LogP contribution in [0.5, 0.6) is 0 Å². The molecule has 0 unspecified atom stereocenters. The van der Waals surface area contributed by atoms with E-state index in [4.69, 9.17) is 0 Å². The minimum atomic E-state index is -1.06. The van der Waals surface area contributed by atoms with E-state index in [9.17, 15) is 24.3 Å². The van der Waals surface area contributed by atoms with Crippen LogP contribution in [0, 0.1) is 11.8 Å². The summed E-state index contributed by atoms with van der Waals surface area (Å²) in [5, 5.41) is 11.9. The molecule has 8 nitrogen and oxygen atoms in total. The molecule has 0 heterocycles. The molecule has 0 spiro atoms. The third kappa shape index (κ3) is 4.08. The Hall–Kier alpha value is -3.16. The highest BCUT2D eigenvalue weighted by Crippen LogP contribution is 2.28. The van der Waals surface area contributed by atoms with Crippen LogP contribution >= 0.6 is 0 Å². The van der Waals surface area contributed by atoms with E-state index < -0.39 is 35.7 Å². The zero-order valence-corrected chi connectivity index (χ0v) is 14.4. The molecule has 0 aromatic heterocycles. The van der Waals surface area contributed by atoms with Gasteiger partial charge >= 0.3 is 17.9 Å². The molecule has 8 heteroatoms. The van der Waals surface area contributed by atoms with Crippen LogP contribution in [-0.2, 0) is 19.1 Å². The van der Waals surface area contributed by atoms with Crippen molar-refractivity contribution in [1.82, 2.24) is 0 Å². The number of amides is 1. The smallest absolute Gasteiger partial charge is 0.339 e. The van der Waals surface area contributed by atoms with Gasteiger partial charge in [0.2, 0.25) is 5.91 Å². The molecule has 0 saturated carbocycles. The first-order chi connectivity index (χ1) is 12.4. The van der Waals surface area contributed by atoms with Crippen molar-refractivity contribution in [2.45, 2.75) is 12.8 Å². The van der Waals surface area contributed by atoms with Crippen molar-refractivity contribution < 1.29 is 33.8 Å². The van der Waals surface area contributed by atoms with E-state index in [0.29, 0.717) is 0 Å². The molecule has 0 saturated heterocycles. The SMILES string of the molecule is COC(=O)c1ccc(C(=O)OC)c(NC(=O)[C@@H]2CC=CC[C@H]2C(=O)O)c1. The van der Waals surface area contributed by atoms with Crippen LogP contribution in [0.25, 0.3) is 0 Å². The highest BCUT2D eigenvalue weighted by Gasteiger charge is 2.34. The lowest BCUT2D eigenvalue weighted by atomic mass is 9.82. The second-order valence-electron chi connectivity index (χ2n) is 5.73. The summed E-state index contributed by atoms with van der Waals surface area (Å²) in [4.78, 5) is 47.6. The van der Waals surface area contributed by atoms with E-state index in [2.05, 4.69) is 14.8 Å². The number of carbonyl (C=O) groups excluding carboxylic acids is 3. The summed E-state index contributed by atoms with van der Waals surface area (Å²) in [5.74, 6) is -4.59. The predicted molar refractivity (Wildman–Crippen MR) is 90.7 cm³/mol. The number of aliphatic carboxylic acids is 1. The zero-order valence-electron chi connectivity index (χ0n) is 14.4. The number of nitrogens with one attached hydrogen (secondary N) is 1. The number of ether oxygens (including phenoxy) is 2. The van der Waals surface area contributed by atoms with Gasteiger partial charge in [-0.05, 0) is 31.0 Å². The highest BCUT2D eigenvalue weighted by atomic mass is 16.5. The molecule has 138 valence electrons. The summed E-state index contributed by atoms with van der Waals surface area (Å²) in [7, 11) is 2.40. The van der Waals surface area contributed by atoms with Crippen LogP contribution < -0.4 is 5.32 Å². The molecule has 0 radical (unpaired) electrons. The van der Waals surface area contributed by atoms with Gasteiger partial charge in [0.1, 0.15) is 0 Å². The predicted octanol–water partition coefficient (Wildman–Crippen LogP) is 1.87. The maximum absolute atomic E-state index is 12.6. The largest absolute Gasteiger partial charge is 0.481 e. The summed E-state index contributed by atoms with van der Waals surface area (Å²) >= 11 is 0. The van der Waals surface area contributed by atoms with Crippen molar-refractivity contribution in [3.63, 3.8) is 0 Å². The molecular formula is C18H19NO7. The Morgan fingerprint density at radius 3 is 2.19 bits per heavy atom. The maximum Gasteiger partial charge on any atom is 0.339 e. The quantitative estimate of drug-likeness (QED) is 0.607. The number of anilines is 1. The van der Waals surface area contributed by atoms with E-state index in [1.54, 1.807) is 12.2 Å². The summed E-state index contributed by atoms with van der Waals surface area (Å²) in [6.07, 6.45) is 3.99. The lowest BCUT2D eigenvalue weighted by Gasteiger charge is -2.24. The number of carboxylic acid groups (broad SMARTS) is 1. The second kappa shape index (κ2) is 8.28. The summed E-state index contributed by atoms with van der Waals surface area (Å²) in [6.45, 7) is 0. The summed E-state index contributed by atoms with van der Waals surface area (Å²) in [5.41, 5.74) is 0.240. The summed E-state index contributed by atoms with van der Waals surface area (Å²) in [6, 6.07) is 4.00. The molecule has 1 aliphatic carbocycles. The van der Waals surface area contributed by atoms with Crippen molar-refractivity contribution in [2.24, 2.45) is 11.8 Å². The number of esters is 2. The number of benzene rings is 1. The lowest BCUT2D eigenvalue weighted by Crippen LogP contribution is -2.35. The molecule has 1 aliphatic rings. The average Bonchev–Trinajstić information content (AvgIpc) is 2.66. The third-order valence-electron chi connectivity index (χ3n) is 4.19. The highest BCUT2D eigenvalue weighted by molar-refractivity contribution is 6.04. The normalized spacial score (nSPS) is 18.7. The van der Waals surface area contributed by atoms with Crippen molar-refractivity contribution in [3.8, 4) is 0 Å². The molecule has 1 amide bonds. The van der Waals surface area contributed by atoms with Crippen LogP contribution in [0.15, 0.2) is 30.4 Å². The second-order valence-corrected chi connectivity index (χ2v) is 5.73. The van der Waals surface area contributed by atoms with Crippen molar-refractivity contribution in [2.75, 3.05) is 19.5 Å². The van der Waals surface area contributed by atoms with Crippen molar-refractivity contribution in [1.29, 1.82) is 0 Å². The number of carbonyl (C=O) groups is 4. The minimum Gasteiger partial charge on any atom is -0.481 e. The molecule has 0 bridgehead atoms. The Kier molecular flexibility index (Phi) is 6.11. The number of hydrogen-bond donors (Lipinski definition) is 2. The van der Waals surface area contributed by atoms with Gasteiger partial charge in [0.15, 0.2) is 0 Å². The standard InChI is InChI=1S/C18H19NO7/c1-25-17(23)10-7-8-13(18(24)26-2)14(9-10)19-15(20)11-5-3-4-6-12(11)16(21)22/h3-4,7-9,11-12H,5-6H2,1-2H3,(H,19,20)(H,21,22)/t11-,12-/m1/s1. The lowest BCUT2D eigenvalue weighted by molar-refractivity contribution is -0.146. The Morgan fingerprint density at radius 1 is 1.00 bits per heavy atom. The molecule has 1 aromatic carbocycles. The molecule has 0 aliphatic heterocycles. The first kappa shape index (κ1) is 19.2. The molecule has 2 atom stereocenters. The van der Waals surface area contributed by atoms with E-state index in [-0.39, 0.29) is 29.7 Å². The Morgan fingerprint density at radius 2 is 1.62 bits per heavy atom. The Balaban J connectivity index is 2.34. The minimum absolute atomic E-state index is 0.0479. The monoisotopic (exact) mass is 361 g/mol. The third-order valence-corrected chi connectivity index (χ3v) is 4.19. The van der Waals surface area contributed by atoms with Gasteiger partial charge in [0, 0.05) is 0 Å². The Bertz CT molecular complexity index is 769. The van der Waals surface area contributed by atoms with Crippen LogP contribution in [0.1, 0.15) is 33.6 Å². The topological polar surface area (TPSA) is 119 Å². The molecule has 0 fully saturated rings. The Labute approximate surface area is 149 Å². The summed E-state index contributed by atoms with van der Waals surface area (Å²) < 4.78 is 9.31. The van der Waals surface area contributed by atoms with Gasteiger partial charge in [-0.15, -0.1) is 0 Å². The fraction of sp³-hybridized carbons (Fsp3) is 0.333. The first-order valence-corrected chi connectivity index (χ1v) is 7.88. The number of methoxy groups -OCH3 is 2. The fourth-order valence-corrected chi connectivity index (χ4v) is 2.78. The number of carboxylic acids is 1. The average molecular weight is 361 g/mol. The van der Waals surface area contributed by atoms with Crippen LogP contribution in [0.3, 0.4) is 0 Å². The van der Waals surface area contributed by atoms with Gasteiger partial charge in [-0.25, -0.2) is 9.59 Å². The van der Waals surface area contributed by atoms with Crippen molar-refractivity contribution in [3.05, 3.63) is 41.5 Å². The molecule has 1 aromatic rings. The number of rotatable bonds is 5. The van der Waals surface area contributed by atoms with E-state index in [0.717, 1.165) is 0 Å². The van der Waals surface area contributed by atoms with Gasteiger partial charge in [-0.3, -0.25) is 9.59 Å². The van der Waals surface area contributed by atoms with Gasteiger partial charge in [-0.2, -0.15) is 0 Å². The number of hydrogen-bond acceptors (Lipinski definition) is 6. The fourth-order valence-electron chi connectivity index (χ4n) is 2.78. The van der Waals surface area contributed by atoms with Crippen LogP contribution in [0.2, 0.25) is 0 Å². The first-order valence-electron chi connectivity index (χ1n) is 7.88. The number of allylic oxidation sites excluding steroid dienone is 2. The molecule has 2 N–H and O–H groups in total. The molecular weight excluding hydrogens is 342 g/mol. The van der Waals surface area contributed by atoms with Gasteiger partial charge in [0.25, 0.3) is 0 Å². The van der Waals surface area contributed by atoms with Gasteiger partial charge < -0.3 is 19.9 Å². The van der Waals surface area contributed by atoms with E-state index in [1.165, 1.54) is 32.4 Å². The molecule has 2 rings (SSSR count). The molecule has 26 heavy (non-hydrogen) atoms. The van der Waals surface area contributed by atoms with Gasteiger partial charge in [-0.1, -0.05) is 12.2 Å². The van der Waals surface area contributed by atoms with Gasteiger partial charge in [0.05, 0.1) is 42.9 Å². The van der Waals surface area contributed by atoms with Crippen LogP contribution in [0.4, 0.5) is 5.69 Å². The van der Waals surface area contributed by atoms with Crippen LogP contribution in [-0.4, -0.2) is 43.1 Å². The maximum atomic E-state index is 12.6. The van der Waals surface area contributed by atoms with E-state index in [1.807, 2.05) is 0 Å². The zero-order chi connectivity index (χ0) is 19.3.